The second kappa shape index (κ2) is 5.55. The number of carbonyl (C=O) groups excluding carboxylic acids is 1. The van der Waals surface area contributed by atoms with E-state index in [-0.39, 0.29) is 5.91 Å². The smallest absolute Gasteiger partial charge is 0.255 e. The minimum absolute atomic E-state index is 0.122. The van der Waals surface area contributed by atoms with Gasteiger partial charge in [-0.25, -0.2) is 0 Å². The van der Waals surface area contributed by atoms with Gasteiger partial charge in [0.2, 0.25) is 0 Å². The van der Waals surface area contributed by atoms with Crippen LogP contribution in [-0.4, -0.2) is 5.91 Å². The molecule has 0 atom stereocenters. The molecule has 0 bridgehead atoms. The molecule has 1 N–H and O–H groups in total. The summed E-state index contributed by atoms with van der Waals surface area (Å²) in [6.45, 7) is 0. The number of carbonyl (C=O) groups is 1. The molecule has 17 heavy (non-hydrogen) atoms. The Labute approximate surface area is 119 Å². The maximum Gasteiger partial charge on any atom is 0.255 e. The van der Waals surface area contributed by atoms with E-state index in [9.17, 15) is 4.79 Å². The summed E-state index contributed by atoms with van der Waals surface area (Å²) >= 11 is 6.42. The molecule has 86 valence electrons. The third-order valence-corrected chi connectivity index (χ3v) is 3.14. The summed E-state index contributed by atoms with van der Waals surface area (Å²) in [6.07, 6.45) is 0. The molecule has 0 heterocycles. The Balaban J connectivity index is 2.17. The molecule has 0 fully saturated rings. The lowest BCUT2D eigenvalue weighted by atomic mass is 10.2. The predicted molar refractivity (Wildman–Crippen MR) is 80.8 cm³/mol. The van der Waals surface area contributed by atoms with Crippen molar-refractivity contribution in [3.8, 4) is 0 Å². The monoisotopic (exact) mass is 355 g/mol. The van der Waals surface area contributed by atoms with Crippen molar-refractivity contribution in [1.29, 1.82) is 0 Å². The molecule has 0 aliphatic rings. The van der Waals surface area contributed by atoms with E-state index in [1.54, 1.807) is 12.1 Å². The van der Waals surface area contributed by atoms with Crippen molar-refractivity contribution >= 4 is 46.8 Å². The Kier molecular flexibility index (Phi) is 4.06. The fraction of sp³-hybridized carbons (Fsp3) is 0. The summed E-state index contributed by atoms with van der Waals surface area (Å²) in [5.41, 5.74) is 1.41. The highest BCUT2D eigenvalue weighted by molar-refractivity contribution is 14.1. The highest BCUT2D eigenvalue weighted by Gasteiger charge is 2.05. The number of thiol groups is 1. The number of benzene rings is 2. The van der Waals surface area contributed by atoms with Gasteiger partial charge in [-0.1, -0.05) is 12.1 Å². The molecule has 2 aromatic rings. The molecule has 2 nitrogen and oxygen atoms in total. The third kappa shape index (κ3) is 3.47. The Morgan fingerprint density at radius 3 is 2.59 bits per heavy atom. The normalized spacial score (nSPS) is 10.0. The van der Waals surface area contributed by atoms with Gasteiger partial charge in [-0.2, -0.15) is 0 Å². The fourth-order valence-electron chi connectivity index (χ4n) is 1.42. The molecular weight excluding hydrogens is 345 g/mol. The lowest BCUT2D eigenvalue weighted by Crippen LogP contribution is -2.11. The van der Waals surface area contributed by atoms with Gasteiger partial charge in [0.05, 0.1) is 0 Å². The van der Waals surface area contributed by atoms with Crippen molar-refractivity contribution in [2.45, 2.75) is 4.90 Å². The second-order valence-corrected chi connectivity index (χ2v) is 5.28. The summed E-state index contributed by atoms with van der Waals surface area (Å²) in [5, 5.41) is 2.85. The van der Waals surface area contributed by atoms with Crippen LogP contribution in [0, 0.1) is 3.57 Å². The average molecular weight is 355 g/mol. The van der Waals surface area contributed by atoms with Crippen LogP contribution >= 0.6 is 35.2 Å². The van der Waals surface area contributed by atoms with Crippen LogP contribution in [0.25, 0.3) is 0 Å². The molecule has 4 heteroatoms. The lowest BCUT2D eigenvalue weighted by molar-refractivity contribution is 0.102. The number of hydrogen-bond acceptors (Lipinski definition) is 2. The number of hydrogen-bond donors (Lipinski definition) is 2. The zero-order valence-electron chi connectivity index (χ0n) is 8.85. The Hall–Kier alpha value is -1.01. The molecule has 0 unspecified atom stereocenters. The number of anilines is 1. The zero-order chi connectivity index (χ0) is 12.3. The summed E-state index contributed by atoms with van der Waals surface area (Å²) in [6, 6.07) is 14.8. The topological polar surface area (TPSA) is 29.1 Å². The average Bonchev–Trinajstić information content (AvgIpc) is 2.29. The van der Waals surface area contributed by atoms with Gasteiger partial charge in [0.25, 0.3) is 5.91 Å². The van der Waals surface area contributed by atoms with E-state index in [1.165, 1.54) is 0 Å². The molecule has 0 aromatic heterocycles. The van der Waals surface area contributed by atoms with Crippen LogP contribution in [0.3, 0.4) is 0 Å². The SMILES string of the molecule is O=C(Nc1cccc(I)c1)c1cccc(S)c1. The van der Waals surface area contributed by atoms with Crippen molar-refractivity contribution in [2.75, 3.05) is 5.32 Å². The molecule has 0 spiro atoms. The van der Waals surface area contributed by atoms with Gasteiger partial charge in [0.15, 0.2) is 0 Å². The summed E-state index contributed by atoms with van der Waals surface area (Å²) in [5.74, 6) is -0.122. The molecule has 1 amide bonds. The molecule has 0 aliphatic carbocycles. The Morgan fingerprint density at radius 2 is 1.88 bits per heavy atom. The number of amides is 1. The Morgan fingerprint density at radius 1 is 1.12 bits per heavy atom. The van der Waals surface area contributed by atoms with Gasteiger partial charge >= 0.3 is 0 Å². The van der Waals surface area contributed by atoms with Crippen LogP contribution in [0.1, 0.15) is 10.4 Å². The van der Waals surface area contributed by atoms with Crippen molar-refractivity contribution in [2.24, 2.45) is 0 Å². The van der Waals surface area contributed by atoms with Crippen LogP contribution in [0.5, 0.6) is 0 Å². The minimum Gasteiger partial charge on any atom is -0.322 e. The van der Waals surface area contributed by atoms with Crippen molar-refractivity contribution < 1.29 is 4.79 Å². The van der Waals surface area contributed by atoms with E-state index in [1.807, 2.05) is 36.4 Å². The van der Waals surface area contributed by atoms with Crippen LogP contribution in [-0.2, 0) is 0 Å². The van der Waals surface area contributed by atoms with Gasteiger partial charge in [0, 0.05) is 19.7 Å². The van der Waals surface area contributed by atoms with Gasteiger partial charge in [-0.05, 0) is 59.0 Å². The molecule has 0 radical (unpaired) electrons. The first-order chi connectivity index (χ1) is 8.15. The first kappa shape index (κ1) is 12.4. The van der Waals surface area contributed by atoms with Crippen molar-refractivity contribution in [3.63, 3.8) is 0 Å². The molecule has 0 saturated carbocycles. The van der Waals surface area contributed by atoms with Crippen LogP contribution in [0.4, 0.5) is 5.69 Å². The van der Waals surface area contributed by atoms with Gasteiger partial charge < -0.3 is 5.32 Å². The van der Waals surface area contributed by atoms with E-state index < -0.39 is 0 Å². The van der Waals surface area contributed by atoms with Crippen molar-refractivity contribution in [1.82, 2.24) is 0 Å². The third-order valence-electron chi connectivity index (χ3n) is 2.19. The molecule has 0 saturated heterocycles. The largest absolute Gasteiger partial charge is 0.322 e. The van der Waals surface area contributed by atoms with Crippen LogP contribution in [0.15, 0.2) is 53.4 Å². The molecular formula is C13H10INOS. The lowest BCUT2D eigenvalue weighted by Gasteiger charge is -2.05. The zero-order valence-corrected chi connectivity index (χ0v) is 11.9. The molecule has 2 aromatic carbocycles. The number of rotatable bonds is 2. The van der Waals surface area contributed by atoms with Gasteiger partial charge in [-0.15, -0.1) is 12.6 Å². The maximum absolute atomic E-state index is 11.9. The van der Waals surface area contributed by atoms with Crippen molar-refractivity contribution in [3.05, 3.63) is 57.7 Å². The number of halogens is 1. The van der Waals surface area contributed by atoms with E-state index >= 15 is 0 Å². The van der Waals surface area contributed by atoms with E-state index in [0.717, 1.165) is 14.2 Å². The maximum atomic E-state index is 11.9. The number of nitrogens with one attached hydrogen (secondary N) is 1. The highest BCUT2D eigenvalue weighted by Crippen LogP contribution is 2.15. The minimum atomic E-state index is -0.122. The van der Waals surface area contributed by atoms with E-state index in [2.05, 4.69) is 40.5 Å². The first-order valence-corrected chi connectivity index (χ1v) is 6.54. The summed E-state index contributed by atoms with van der Waals surface area (Å²) in [4.78, 5) is 12.7. The molecule has 0 aliphatic heterocycles. The fourth-order valence-corrected chi connectivity index (χ4v) is 2.18. The summed E-state index contributed by atoms with van der Waals surface area (Å²) < 4.78 is 1.09. The second-order valence-electron chi connectivity index (χ2n) is 3.51. The van der Waals surface area contributed by atoms with E-state index in [4.69, 9.17) is 0 Å². The highest BCUT2D eigenvalue weighted by atomic mass is 127. The van der Waals surface area contributed by atoms with Crippen LogP contribution in [0.2, 0.25) is 0 Å². The van der Waals surface area contributed by atoms with Gasteiger partial charge in [0.1, 0.15) is 0 Å². The van der Waals surface area contributed by atoms with Crippen LogP contribution < -0.4 is 5.32 Å². The quantitative estimate of drug-likeness (QED) is 0.622. The standard InChI is InChI=1S/C13H10INOS/c14-10-4-2-5-11(8-10)15-13(16)9-3-1-6-12(17)7-9/h1-8,17H,(H,15,16). The van der Waals surface area contributed by atoms with Gasteiger partial charge in [-0.3, -0.25) is 4.79 Å². The summed E-state index contributed by atoms with van der Waals surface area (Å²) in [7, 11) is 0. The molecule has 2 rings (SSSR count). The Bertz CT molecular complexity index is 557. The van der Waals surface area contributed by atoms with E-state index in [0.29, 0.717) is 5.56 Å². The first-order valence-electron chi connectivity index (χ1n) is 5.01. The predicted octanol–water partition coefficient (Wildman–Crippen LogP) is 3.83.